The minimum Gasteiger partial charge on any atom is -0.494 e. The molecule has 1 amide bonds. The zero-order valence-electron chi connectivity index (χ0n) is 19.8. The van der Waals surface area contributed by atoms with Crippen molar-refractivity contribution in [3.05, 3.63) is 64.2 Å². The monoisotopic (exact) mass is 465 g/mol. The lowest BCUT2D eigenvalue weighted by atomic mass is 9.68. The van der Waals surface area contributed by atoms with Crippen molar-refractivity contribution in [2.75, 3.05) is 31.6 Å². The summed E-state index contributed by atoms with van der Waals surface area (Å²) >= 11 is 0. The van der Waals surface area contributed by atoms with Crippen LogP contribution in [0, 0.1) is 10.1 Å². The number of nitrogens with zero attached hydrogens (tertiary/aromatic N) is 2. The number of piperidine rings is 1. The molecule has 1 N–H and O–H groups in total. The normalized spacial score (nSPS) is 18.2. The van der Waals surface area contributed by atoms with Crippen LogP contribution in [-0.2, 0) is 10.2 Å². The molecule has 0 atom stereocenters. The van der Waals surface area contributed by atoms with E-state index >= 15 is 0 Å². The molecular weight excluding hydrogens is 430 g/mol. The number of amides is 1. The van der Waals surface area contributed by atoms with E-state index in [0.717, 1.165) is 62.1 Å². The van der Waals surface area contributed by atoms with Crippen molar-refractivity contribution < 1.29 is 14.5 Å². The lowest BCUT2D eigenvalue weighted by Gasteiger charge is -2.36. The number of benzene rings is 2. The molecule has 2 aromatic carbocycles. The van der Waals surface area contributed by atoms with E-state index < -0.39 is 10.3 Å². The summed E-state index contributed by atoms with van der Waals surface area (Å²) in [5, 5.41) is 14.1. The summed E-state index contributed by atoms with van der Waals surface area (Å²) in [7, 11) is 0. The highest BCUT2D eigenvalue weighted by Crippen LogP contribution is 2.41. The van der Waals surface area contributed by atoms with E-state index in [1.54, 1.807) is 12.1 Å². The number of carbonyl (C=O) groups excluding carboxylic acids is 1. The molecule has 0 spiro atoms. The summed E-state index contributed by atoms with van der Waals surface area (Å²) < 4.78 is 5.90. The van der Waals surface area contributed by atoms with Gasteiger partial charge in [-0.3, -0.25) is 14.9 Å². The van der Waals surface area contributed by atoms with E-state index in [4.69, 9.17) is 4.74 Å². The number of nitro groups is 1. The first kappa shape index (κ1) is 24.2. The van der Waals surface area contributed by atoms with Crippen molar-refractivity contribution in [1.82, 2.24) is 4.90 Å². The second-order valence-electron chi connectivity index (χ2n) is 9.53. The molecule has 1 heterocycles. The zero-order valence-corrected chi connectivity index (χ0v) is 19.8. The first-order chi connectivity index (χ1) is 16.6. The van der Waals surface area contributed by atoms with Crippen molar-refractivity contribution in [1.29, 1.82) is 0 Å². The molecule has 1 aliphatic heterocycles. The van der Waals surface area contributed by atoms with E-state index in [-0.39, 0.29) is 11.6 Å². The molecule has 4 rings (SSSR count). The molecule has 0 aromatic heterocycles. The fourth-order valence-corrected chi connectivity index (χ4v) is 5.25. The fraction of sp³-hybridized carbons (Fsp3) is 0.519. The van der Waals surface area contributed by atoms with E-state index in [0.29, 0.717) is 6.61 Å². The van der Waals surface area contributed by atoms with Gasteiger partial charge >= 0.3 is 0 Å². The second kappa shape index (κ2) is 11.5. The van der Waals surface area contributed by atoms with Crippen LogP contribution in [0.25, 0.3) is 0 Å². The Morgan fingerprint density at radius 2 is 1.59 bits per heavy atom. The Hall–Kier alpha value is -2.93. The predicted octanol–water partition coefficient (Wildman–Crippen LogP) is 5.69. The van der Waals surface area contributed by atoms with Gasteiger partial charge in [0.1, 0.15) is 5.75 Å². The molecule has 182 valence electrons. The van der Waals surface area contributed by atoms with Crippen LogP contribution in [0.2, 0.25) is 0 Å². The number of nitrogens with one attached hydrogen (secondary N) is 1. The standard InChI is InChI=1S/C27H35N3O4/c31-26(27(16-3-1-4-17-27)22-8-12-24(13-9-22)30(32)33)28-23-10-14-25(15-11-23)34-21-7-20-29-18-5-2-6-19-29/h8-15H,1-7,16-21H2,(H,28,31). The lowest BCUT2D eigenvalue weighted by molar-refractivity contribution is -0.384. The summed E-state index contributed by atoms with van der Waals surface area (Å²) in [6.45, 7) is 4.18. The highest BCUT2D eigenvalue weighted by atomic mass is 16.6. The zero-order chi connectivity index (χ0) is 23.8. The molecule has 1 saturated heterocycles. The first-order valence-corrected chi connectivity index (χ1v) is 12.6. The van der Waals surface area contributed by atoms with Crippen molar-refractivity contribution in [3.8, 4) is 5.75 Å². The summed E-state index contributed by atoms with van der Waals surface area (Å²) in [5.74, 6) is 0.760. The Bertz CT molecular complexity index is 947. The molecule has 0 radical (unpaired) electrons. The largest absolute Gasteiger partial charge is 0.494 e. The maximum absolute atomic E-state index is 13.5. The predicted molar refractivity (Wildman–Crippen MR) is 133 cm³/mol. The molecule has 34 heavy (non-hydrogen) atoms. The van der Waals surface area contributed by atoms with Crippen LogP contribution >= 0.6 is 0 Å². The van der Waals surface area contributed by atoms with Gasteiger partial charge in [-0.15, -0.1) is 0 Å². The topological polar surface area (TPSA) is 84.7 Å². The van der Waals surface area contributed by atoms with Gasteiger partial charge in [-0.2, -0.15) is 0 Å². The third-order valence-electron chi connectivity index (χ3n) is 7.22. The van der Waals surface area contributed by atoms with Crippen molar-refractivity contribution in [2.24, 2.45) is 0 Å². The number of carbonyl (C=O) groups is 1. The van der Waals surface area contributed by atoms with Crippen LogP contribution in [-0.4, -0.2) is 42.0 Å². The first-order valence-electron chi connectivity index (χ1n) is 12.6. The number of hydrogen-bond acceptors (Lipinski definition) is 5. The average Bonchev–Trinajstić information content (AvgIpc) is 2.88. The van der Waals surface area contributed by atoms with Gasteiger partial charge in [-0.05, 0) is 75.0 Å². The molecule has 0 bridgehead atoms. The molecule has 2 aromatic rings. The molecule has 1 aliphatic carbocycles. The van der Waals surface area contributed by atoms with E-state index in [2.05, 4.69) is 10.2 Å². The number of likely N-dealkylation sites (tertiary alicyclic amines) is 1. The van der Waals surface area contributed by atoms with E-state index in [1.807, 2.05) is 24.3 Å². The van der Waals surface area contributed by atoms with Gasteiger partial charge in [0.2, 0.25) is 5.91 Å². The van der Waals surface area contributed by atoms with Crippen molar-refractivity contribution in [2.45, 2.75) is 63.2 Å². The van der Waals surface area contributed by atoms with Gasteiger partial charge in [0.15, 0.2) is 0 Å². The molecule has 2 aliphatic rings. The maximum atomic E-state index is 13.5. The van der Waals surface area contributed by atoms with Gasteiger partial charge < -0.3 is 15.0 Å². The van der Waals surface area contributed by atoms with Gasteiger partial charge in [0.05, 0.1) is 16.9 Å². The Morgan fingerprint density at radius 3 is 2.24 bits per heavy atom. The molecule has 0 unspecified atom stereocenters. The average molecular weight is 466 g/mol. The number of nitro benzene ring substituents is 1. The minimum absolute atomic E-state index is 0.0432. The summed E-state index contributed by atoms with van der Waals surface area (Å²) in [6, 6.07) is 14.0. The van der Waals surface area contributed by atoms with Crippen LogP contribution in [0.15, 0.2) is 48.5 Å². The fourth-order valence-electron chi connectivity index (χ4n) is 5.25. The third kappa shape index (κ3) is 5.95. The van der Waals surface area contributed by atoms with Crippen molar-refractivity contribution in [3.63, 3.8) is 0 Å². The Balaban J connectivity index is 1.34. The number of non-ortho nitro benzene ring substituents is 1. The molecule has 7 nitrogen and oxygen atoms in total. The summed E-state index contributed by atoms with van der Waals surface area (Å²) in [4.78, 5) is 26.6. The van der Waals surface area contributed by atoms with Gasteiger partial charge in [-0.25, -0.2) is 0 Å². The molecular formula is C27H35N3O4. The second-order valence-corrected chi connectivity index (χ2v) is 9.53. The van der Waals surface area contributed by atoms with Crippen LogP contribution < -0.4 is 10.1 Å². The lowest BCUT2D eigenvalue weighted by Crippen LogP contribution is -2.42. The van der Waals surface area contributed by atoms with Crippen LogP contribution in [0.4, 0.5) is 11.4 Å². The van der Waals surface area contributed by atoms with Crippen LogP contribution in [0.5, 0.6) is 5.75 Å². The third-order valence-corrected chi connectivity index (χ3v) is 7.22. The van der Waals surface area contributed by atoms with Gasteiger partial charge in [0.25, 0.3) is 5.69 Å². The smallest absolute Gasteiger partial charge is 0.269 e. The van der Waals surface area contributed by atoms with E-state index in [1.165, 1.54) is 44.5 Å². The van der Waals surface area contributed by atoms with E-state index in [9.17, 15) is 14.9 Å². The highest BCUT2D eigenvalue weighted by molar-refractivity contribution is 5.99. The summed E-state index contributed by atoms with van der Waals surface area (Å²) in [6.07, 6.45) is 9.50. The quantitative estimate of drug-likeness (QED) is 0.292. The molecule has 2 fully saturated rings. The summed E-state index contributed by atoms with van der Waals surface area (Å²) in [5.41, 5.74) is 0.972. The number of rotatable bonds is 9. The van der Waals surface area contributed by atoms with Crippen LogP contribution in [0.3, 0.4) is 0 Å². The number of ether oxygens (including phenoxy) is 1. The Labute approximate surface area is 201 Å². The minimum atomic E-state index is -0.656. The number of hydrogen-bond donors (Lipinski definition) is 1. The number of anilines is 1. The Kier molecular flexibility index (Phi) is 8.16. The van der Waals surface area contributed by atoms with Crippen LogP contribution in [0.1, 0.15) is 63.4 Å². The highest BCUT2D eigenvalue weighted by Gasteiger charge is 2.41. The Morgan fingerprint density at radius 1 is 0.941 bits per heavy atom. The molecule has 7 heteroatoms. The van der Waals surface area contributed by atoms with Gasteiger partial charge in [0, 0.05) is 24.4 Å². The van der Waals surface area contributed by atoms with Gasteiger partial charge in [-0.1, -0.05) is 37.8 Å². The molecule has 1 saturated carbocycles. The van der Waals surface area contributed by atoms with Crippen molar-refractivity contribution >= 4 is 17.3 Å². The maximum Gasteiger partial charge on any atom is 0.269 e. The SMILES string of the molecule is O=C(Nc1ccc(OCCCN2CCCCC2)cc1)C1(c2ccc([N+](=O)[O-])cc2)CCCCC1.